The Labute approximate surface area is 92.5 Å². The summed E-state index contributed by atoms with van der Waals surface area (Å²) in [7, 11) is 0. The number of hydrogen-bond acceptors (Lipinski definition) is 1. The van der Waals surface area contributed by atoms with Crippen LogP contribution in [0.15, 0.2) is 24.3 Å². The van der Waals surface area contributed by atoms with Crippen LogP contribution >= 0.6 is 0 Å². The molecule has 1 aromatic carbocycles. The highest BCUT2D eigenvalue weighted by Crippen LogP contribution is 2.30. The topological polar surface area (TPSA) is 26.0 Å². The molecule has 0 saturated heterocycles. The van der Waals surface area contributed by atoms with E-state index in [1.165, 1.54) is 6.07 Å². The van der Waals surface area contributed by atoms with Gasteiger partial charge >= 0.3 is 6.18 Å². The fourth-order valence-corrected chi connectivity index (χ4v) is 1.28. The molecular formula is C12H12F3N. The molecule has 4 heteroatoms. The van der Waals surface area contributed by atoms with Gasteiger partial charge in [-0.3, -0.25) is 0 Å². The minimum absolute atomic E-state index is 0.359. The van der Waals surface area contributed by atoms with Gasteiger partial charge in [-0.2, -0.15) is 13.2 Å². The Morgan fingerprint density at radius 2 is 2.06 bits per heavy atom. The highest BCUT2D eigenvalue weighted by Gasteiger charge is 2.30. The fraction of sp³-hybridized carbons (Fsp3) is 0.333. The van der Waals surface area contributed by atoms with E-state index in [0.29, 0.717) is 12.0 Å². The maximum Gasteiger partial charge on any atom is 0.416 e. The Morgan fingerprint density at radius 3 is 2.62 bits per heavy atom. The van der Waals surface area contributed by atoms with E-state index >= 15 is 0 Å². The van der Waals surface area contributed by atoms with Crippen molar-refractivity contribution >= 4 is 0 Å². The first-order chi connectivity index (χ1) is 7.45. The zero-order valence-electron chi connectivity index (χ0n) is 8.81. The molecule has 0 bridgehead atoms. The average molecular weight is 227 g/mol. The molecule has 0 radical (unpaired) electrons. The molecule has 1 aromatic rings. The van der Waals surface area contributed by atoms with Crippen LogP contribution in [0.5, 0.6) is 0 Å². The summed E-state index contributed by atoms with van der Waals surface area (Å²) in [5, 5.41) is 0. The Morgan fingerprint density at radius 1 is 1.38 bits per heavy atom. The zero-order chi connectivity index (χ0) is 12.2. The number of alkyl halides is 3. The molecule has 1 atom stereocenters. The summed E-state index contributed by atoms with van der Waals surface area (Å²) in [6, 6.07) is 4.56. The van der Waals surface area contributed by atoms with Gasteiger partial charge in [0.15, 0.2) is 0 Å². The maximum absolute atomic E-state index is 12.4. The van der Waals surface area contributed by atoms with E-state index in [1.54, 1.807) is 13.0 Å². The average Bonchev–Trinajstić information content (AvgIpc) is 2.25. The third kappa shape index (κ3) is 3.28. The predicted octanol–water partition coefficient (Wildman–Crippen LogP) is 3.12. The lowest BCUT2D eigenvalue weighted by molar-refractivity contribution is -0.137. The van der Waals surface area contributed by atoms with Gasteiger partial charge in [-0.05, 0) is 24.6 Å². The Kier molecular flexibility index (Phi) is 3.97. The van der Waals surface area contributed by atoms with Gasteiger partial charge in [0, 0.05) is 12.5 Å². The van der Waals surface area contributed by atoms with Crippen molar-refractivity contribution in [2.24, 2.45) is 5.73 Å². The van der Waals surface area contributed by atoms with Gasteiger partial charge in [-0.1, -0.05) is 12.1 Å². The second kappa shape index (κ2) is 5.04. The molecule has 0 spiro atoms. The highest BCUT2D eigenvalue weighted by atomic mass is 19.4. The van der Waals surface area contributed by atoms with E-state index in [0.717, 1.165) is 12.1 Å². The molecule has 0 aliphatic carbocycles. The molecule has 0 saturated carbocycles. The van der Waals surface area contributed by atoms with Crippen LogP contribution in [-0.4, -0.2) is 0 Å². The van der Waals surface area contributed by atoms with E-state index in [9.17, 15) is 13.2 Å². The summed E-state index contributed by atoms with van der Waals surface area (Å²) in [5.74, 6) is 5.41. The van der Waals surface area contributed by atoms with Crippen molar-refractivity contribution in [3.63, 3.8) is 0 Å². The van der Waals surface area contributed by atoms with E-state index in [4.69, 9.17) is 5.73 Å². The van der Waals surface area contributed by atoms with Crippen molar-refractivity contribution < 1.29 is 13.2 Å². The number of hydrogen-bond donors (Lipinski definition) is 1. The summed E-state index contributed by atoms with van der Waals surface area (Å²) in [4.78, 5) is 0. The second-order valence-corrected chi connectivity index (χ2v) is 3.36. The Bertz CT molecular complexity index is 412. The molecule has 16 heavy (non-hydrogen) atoms. The van der Waals surface area contributed by atoms with E-state index in [2.05, 4.69) is 11.8 Å². The van der Waals surface area contributed by atoms with E-state index in [1.807, 2.05) is 0 Å². The van der Waals surface area contributed by atoms with Crippen molar-refractivity contribution in [2.45, 2.75) is 25.6 Å². The van der Waals surface area contributed by atoms with Crippen LogP contribution in [0.3, 0.4) is 0 Å². The van der Waals surface area contributed by atoms with Crippen LogP contribution in [0.1, 0.15) is 30.5 Å². The molecule has 0 aliphatic heterocycles. The highest BCUT2D eigenvalue weighted by molar-refractivity contribution is 5.28. The smallest absolute Gasteiger partial charge is 0.323 e. The van der Waals surface area contributed by atoms with Crippen LogP contribution in [0.25, 0.3) is 0 Å². The summed E-state index contributed by atoms with van der Waals surface area (Å²) in [5.41, 5.74) is 5.50. The van der Waals surface area contributed by atoms with Crippen molar-refractivity contribution in [1.29, 1.82) is 0 Å². The van der Waals surface area contributed by atoms with Gasteiger partial charge in [0.05, 0.1) is 5.56 Å². The molecule has 0 fully saturated rings. The van der Waals surface area contributed by atoms with E-state index in [-0.39, 0.29) is 0 Å². The van der Waals surface area contributed by atoms with E-state index < -0.39 is 17.8 Å². The molecule has 0 amide bonds. The largest absolute Gasteiger partial charge is 0.416 e. The normalized spacial score (nSPS) is 12.8. The minimum Gasteiger partial charge on any atom is -0.323 e. The number of benzene rings is 1. The van der Waals surface area contributed by atoms with Crippen LogP contribution in [0.2, 0.25) is 0 Å². The van der Waals surface area contributed by atoms with Crippen molar-refractivity contribution in [2.75, 3.05) is 0 Å². The molecule has 1 rings (SSSR count). The monoisotopic (exact) mass is 227 g/mol. The summed E-state index contributed by atoms with van der Waals surface area (Å²) in [6.45, 7) is 1.67. The lowest BCUT2D eigenvalue weighted by Gasteiger charge is -2.12. The lowest BCUT2D eigenvalue weighted by atomic mass is 10.0. The number of halogens is 3. The molecule has 0 aliphatic rings. The molecule has 86 valence electrons. The summed E-state index contributed by atoms with van der Waals surface area (Å²) in [6.07, 6.45) is -3.97. The molecule has 0 aromatic heterocycles. The van der Waals surface area contributed by atoms with Crippen molar-refractivity contribution in [1.82, 2.24) is 0 Å². The Balaban J connectivity index is 2.93. The molecular weight excluding hydrogens is 215 g/mol. The minimum atomic E-state index is -4.33. The number of nitrogens with two attached hydrogens (primary N) is 1. The fourth-order valence-electron chi connectivity index (χ4n) is 1.28. The van der Waals surface area contributed by atoms with Gasteiger partial charge in [0.1, 0.15) is 0 Å². The molecule has 0 heterocycles. The third-order valence-electron chi connectivity index (χ3n) is 2.14. The zero-order valence-corrected chi connectivity index (χ0v) is 8.81. The Hall–Kier alpha value is -1.47. The predicted molar refractivity (Wildman–Crippen MR) is 56.4 cm³/mol. The van der Waals surface area contributed by atoms with Crippen LogP contribution in [0.4, 0.5) is 13.2 Å². The SMILES string of the molecule is CC#CCC(N)c1cccc(C(F)(F)F)c1. The van der Waals surface area contributed by atoms with Crippen LogP contribution in [-0.2, 0) is 6.18 Å². The summed E-state index contributed by atoms with van der Waals surface area (Å²) < 4.78 is 37.2. The quantitative estimate of drug-likeness (QED) is 0.772. The summed E-state index contributed by atoms with van der Waals surface area (Å²) >= 11 is 0. The molecule has 2 N–H and O–H groups in total. The lowest BCUT2D eigenvalue weighted by Crippen LogP contribution is -2.12. The van der Waals surface area contributed by atoms with Gasteiger partial charge in [0.25, 0.3) is 0 Å². The van der Waals surface area contributed by atoms with Gasteiger partial charge < -0.3 is 5.73 Å². The first-order valence-corrected chi connectivity index (χ1v) is 4.77. The standard InChI is InChI=1S/C12H12F3N/c1-2-3-7-11(16)9-5-4-6-10(8-9)12(13,14)15/h4-6,8,11H,7,16H2,1H3. The van der Waals surface area contributed by atoms with Crippen LogP contribution in [0, 0.1) is 11.8 Å². The number of rotatable bonds is 2. The van der Waals surface area contributed by atoms with Crippen molar-refractivity contribution in [3.05, 3.63) is 35.4 Å². The second-order valence-electron chi connectivity index (χ2n) is 3.36. The van der Waals surface area contributed by atoms with Gasteiger partial charge in [-0.25, -0.2) is 0 Å². The van der Waals surface area contributed by atoms with Gasteiger partial charge in [0.2, 0.25) is 0 Å². The maximum atomic E-state index is 12.4. The first-order valence-electron chi connectivity index (χ1n) is 4.77. The van der Waals surface area contributed by atoms with Crippen LogP contribution < -0.4 is 5.73 Å². The van der Waals surface area contributed by atoms with Crippen molar-refractivity contribution in [3.8, 4) is 11.8 Å². The van der Waals surface area contributed by atoms with Gasteiger partial charge in [-0.15, -0.1) is 11.8 Å². The third-order valence-corrected chi connectivity index (χ3v) is 2.14. The first kappa shape index (κ1) is 12.6. The molecule has 1 unspecified atom stereocenters. The molecule has 1 nitrogen and oxygen atoms in total.